The Hall–Kier alpha value is -2.82. The summed E-state index contributed by atoms with van der Waals surface area (Å²) in [6.45, 7) is 12.5. The molecule has 0 amide bonds. The van der Waals surface area contributed by atoms with E-state index in [0.717, 1.165) is 22.3 Å². The first-order valence-electron chi connectivity index (χ1n) is 10.6. The molecule has 0 saturated heterocycles. The molecule has 0 unspecified atom stereocenters. The first kappa shape index (κ1) is 26.2. The van der Waals surface area contributed by atoms with Gasteiger partial charge in [-0.2, -0.15) is 0 Å². The highest BCUT2D eigenvalue weighted by Gasteiger charge is 1.96. The molecule has 2 aromatic carbocycles. The van der Waals surface area contributed by atoms with Crippen molar-refractivity contribution in [2.45, 2.75) is 20.8 Å². The van der Waals surface area contributed by atoms with Gasteiger partial charge in [-0.1, -0.05) is 66.7 Å². The fourth-order valence-corrected chi connectivity index (χ4v) is 2.44. The molecular weight excluding hydrogens is 388 g/mol. The van der Waals surface area contributed by atoms with Crippen LogP contribution in [0.1, 0.15) is 31.9 Å². The molecule has 0 saturated carbocycles. The van der Waals surface area contributed by atoms with Crippen LogP contribution in [0.15, 0.2) is 85.8 Å². The second kappa shape index (κ2) is 18.0. The minimum absolute atomic E-state index is 0.525. The fourth-order valence-electron chi connectivity index (χ4n) is 2.44. The van der Waals surface area contributed by atoms with E-state index in [4.69, 9.17) is 18.9 Å². The van der Waals surface area contributed by atoms with Crippen LogP contribution in [0.25, 0.3) is 11.1 Å². The van der Waals surface area contributed by atoms with Gasteiger partial charge >= 0.3 is 0 Å². The predicted octanol–water partition coefficient (Wildman–Crippen LogP) is 6.37. The molecule has 0 N–H and O–H groups in total. The van der Waals surface area contributed by atoms with Crippen LogP contribution in [-0.2, 0) is 18.9 Å². The predicted molar refractivity (Wildman–Crippen MR) is 130 cm³/mol. The Morgan fingerprint density at radius 1 is 0.645 bits per heavy atom. The smallest absolute Gasteiger partial charge is 0.111 e. The first-order valence-corrected chi connectivity index (χ1v) is 10.6. The van der Waals surface area contributed by atoms with E-state index >= 15 is 0 Å². The van der Waals surface area contributed by atoms with E-state index in [0.29, 0.717) is 39.6 Å². The van der Waals surface area contributed by atoms with Crippen molar-refractivity contribution in [1.82, 2.24) is 0 Å². The molecule has 2 rings (SSSR count). The second-order valence-corrected chi connectivity index (χ2v) is 6.71. The standard InChI is InChI=1S/C24H30O4.C3H6/c1-21(23-9-5-3-6-10-23)19-27-17-15-25-13-14-26-16-18-28-20-22(2)24-11-7-4-8-12-24;1-3-2/h3-12,19-20H,13-18H2,1-2H3;3H,1H2,2H3/b21-19+,22-20+;. The summed E-state index contributed by atoms with van der Waals surface area (Å²) in [7, 11) is 0. The molecule has 0 spiro atoms. The monoisotopic (exact) mass is 424 g/mol. The van der Waals surface area contributed by atoms with E-state index in [1.54, 1.807) is 18.6 Å². The molecule has 2 aromatic rings. The lowest BCUT2D eigenvalue weighted by Gasteiger charge is -2.07. The topological polar surface area (TPSA) is 36.9 Å². The molecule has 4 nitrogen and oxygen atoms in total. The van der Waals surface area contributed by atoms with Gasteiger partial charge in [-0.3, -0.25) is 0 Å². The van der Waals surface area contributed by atoms with Gasteiger partial charge in [-0.25, -0.2) is 0 Å². The third-order valence-corrected chi connectivity index (χ3v) is 4.04. The molecule has 0 aliphatic heterocycles. The summed E-state index contributed by atoms with van der Waals surface area (Å²) in [5, 5.41) is 0. The maximum Gasteiger partial charge on any atom is 0.111 e. The van der Waals surface area contributed by atoms with Crippen LogP contribution >= 0.6 is 0 Å². The van der Waals surface area contributed by atoms with Gasteiger partial charge in [0.2, 0.25) is 0 Å². The summed E-state index contributed by atoms with van der Waals surface area (Å²) < 4.78 is 22.0. The van der Waals surface area contributed by atoms with Crippen molar-refractivity contribution in [2.24, 2.45) is 0 Å². The Kier molecular flexibility index (Phi) is 15.2. The van der Waals surface area contributed by atoms with Gasteiger partial charge in [0.1, 0.15) is 13.2 Å². The highest BCUT2D eigenvalue weighted by molar-refractivity contribution is 5.62. The minimum atomic E-state index is 0.525. The molecule has 0 aliphatic rings. The van der Waals surface area contributed by atoms with E-state index in [2.05, 4.69) is 30.8 Å². The molecule has 0 aromatic heterocycles. The zero-order valence-electron chi connectivity index (χ0n) is 19.1. The second-order valence-electron chi connectivity index (χ2n) is 6.71. The van der Waals surface area contributed by atoms with Gasteiger partial charge in [0.05, 0.1) is 39.0 Å². The maximum atomic E-state index is 5.51. The Morgan fingerprint density at radius 2 is 0.968 bits per heavy atom. The molecular formula is C27H36O4. The largest absolute Gasteiger partial charge is 0.498 e. The highest BCUT2D eigenvalue weighted by atomic mass is 16.6. The molecule has 0 atom stereocenters. The molecule has 0 bridgehead atoms. The van der Waals surface area contributed by atoms with E-state index in [1.807, 2.05) is 57.2 Å². The molecule has 0 radical (unpaired) electrons. The number of ether oxygens (including phenoxy) is 4. The molecule has 168 valence electrons. The summed E-state index contributed by atoms with van der Waals surface area (Å²) in [5.74, 6) is 0. The number of allylic oxidation sites excluding steroid dienone is 3. The van der Waals surface area contributed by atoms with Gasteiger partial charge in [0.25, 0.3) is 0 Å². The van der Waals surface area contributed by atoms with Gasteiger partial charge in [0.15, 0.2) is 0 Å². The summed E-state index contributed by atoms with van der Waals surface area (Å²) in [6, 6.07) is 20.3. The molecule has 0 heterocycles. The zero-order chi connectivity index (χ0) is 22.6. The summed E-state index contributed by atoms with van der Waals surface area (Å²) >= 11 is 0. The van der Waals surface area contributed by atoms with Crippen molar-refractivity contribution < 1.29 is 18.9 Å². The van der Waals surface area contributed by atoms with Crippen molar-refractivity contribution in [3.05, 3.63) is 97.0 Å². The third kappa shape index (κ3) is 13.2. The zero-order valence-corrected chi connectivity index (χ0v) is 19.1. The maximum absolute atomic E-state index is 5.51. The highest BCUT2D eigenvalue weighted by Crippen LogP contribution is 2.13. The van der Waals surface area contributed by atoms with E-state index in [1.165, 1.54) is 0 Å². The summed E-state index contributed by atoms with van der Waals surface area (Å²) in [4.78, 5) is 0. The number of rotatable bonds is 13. The lowest BCUT2D eigenvalue weighted by Crippen LogP contribution is -2.10. The van der Waals surface area contributed by atoms with Crippen LogP contribution in [-0.4, -0.2) is 39.6 Å². The van der Waals surface area contributed by atoms with Gasteiger partial charge < -0.3 is 18.9 Å². The average molecular weight is 425 g/mol. The molecule has 4 heteroatoms. The van der Waals surface area contributed by atoms with Crippen LogP contribution in [0, 0.1) is 0 Å². The average Bonchev–Trinajstić information content (AvgIpc) is 2.81. The Balaban J connectivity index is 0.00000151. The number of hydrogen-bond acceptors (Lipinski definition) is 4. The Morgan fingerprint density at radius 3 is 1.32 bits per heavy atom. The van der Waals surface area contributed by atoms with Crippen LogP contribution in [0.2, 0.25) is 0 Å². The van der Waals surface area contributed by atoms with Crippen LogP contribution < -0.4 is 0 Å². The lowest BCUT2D eigenvalue weighted by atomic mass is 10.1. The van der Waals surface area contributed by atoms with Gasteiger partial charge in [0, 0.05) is 0 Å². The van der Waals surface area contributed by atoms with E-state index in [9.17, 15) is 0 Å². The Bertz CT molecular complexity index is 688. The van der Waals surface area contributed by atoms with Crippen molar-refractivity contribution in [3.8, 4) is 0 Å². The fraction of sp³-hybridized carbons (Fsp3) is 0.333. The van der Waals surface area contributed by atoms with Crippen molar-refractivity contribution in [1.29, 1.82) is 0 Å². The number of benzene rings is 2. The lowest BCUT2D eigenvalue weighted by molar-refractivity contribution is 0.0187. The summed E-state index contributed by atoms with van der Waals surface area (Å²) in [6.07, 6.45) is 5.30. The van der Waals surface area contributed by atoms with Gasteiger partial charge in [-0.05, 0) is 43.0 Å². The first-order chi connectivity index (χ1) is 15.2. The van der Waals surface area contributed by atoms with E-state index < -0.39 is 0 Å². The normalized spacial score (nSPS) is 11.3. The summed E-state index contributed by atoms with van der Waals surface area (Å²) in [5.41, 5.74) is 4.52. The van der Waals surface area contributed by atoms with Crippen molar-refractivity contribution >= 4 is 11.1 Å². The molecule has 0 fully saturated rings. The van der Waals surface area contributed by atoms with Crippen LogP contribution in [0.4, 0.5) is 0 Å². The van der Waals surface area contributed by atoms with Gasteiger partial charge in [-0.15, -0.1) is 6.58 Å². The van der Waals surface area contributed by atoms with Crippen molar-refractivity contribution in [3.63, 3.8) is 0 Å². The molecule has 31 heavy (non-hydrogen) atoms. The SMILES string of the molecule is C/C(=C\OCCOCCOCCO/C=C(\C)c1ccccc1)c1ccccc1.C=CC. The quantitative estimate of drug-likeness (QED) is 0.213. The van der Waals surface area contributed by atoms with E-state index in [-0.39, 0.29) is 0 Å². The van der Waals surface area contributed by atoms with Crippen LogP contribution in [0.5, 0.6) is 0 Å². The minimum Gasteiger partial charge on any atom is -0.498 e. The molecule has 0 aliphatic carbocycles. The van der Waals surface area contributed by atoms with Crippen molar-refractivity contribution in [2.75, 3.05) is 39.6 Å². The van der Waals surface area contributed by atoms with Crippen LogP contribution in [0.3, 0.4) is 0 Å². The third-order valence-electron chi connectivity index (χ3n) is 4.04. The number of hydrogen-bond donors (Lipinski definition) is 0. The Labute approximate surface area is 187 Å².